The average molecular weight is 273 g/mol. The second-order valence-corrected chi connectivity index (χ2v) is 6.63. The Kier molecular flexibility index (Phi) is 3.59. The molecule has 0 unspecified atom stereocenters. The molecule has 108 valence electrons. The fourth-order valence-electron chi connectivity index (χ4n) is 3.18. The molecule has 0 N–H and O–H groups in total. The fraction of sp³-hybridized carbons (Fsp3) is 0.667. The van der Waals surface area contributed by atoms with Crippen molar-refractivity contribution in [3.05, 3.63) is 24.4 Å². The molecule has 0 atom stereocenters. The molecular weight excluding hydrogens is 250 g/mol. The molecule has 0 saturated carbocycles. The Bertz CT molecular complexity index is 506. The number of rotatable bonds is 2. The highest BCUT2D eigenvalue weighted by molar-refractivity contribution is 5.96. The van der Waals surface area contributed by atoms with Gasteiger partial charge in [-0.15, -0.1) is 10.2 Å². The maximum Gasteiger partial charge on any atom is 0.141 e. The zero-order chi connectivity index (χ0) is 14.0. The predicted molar refractivity (Wildman–Crippen MR) is 79.4 cm³/mol. The molecule has 5 nitrogen and oxygen atoms in total. The first kappa shape index (κ1) is 13.3. The van der Waals surface area contributed by atoms with E-state index in [2.05, 4.69) is 40.1 Å². The van der Waals surface area contributed by atoms with Gasteiger partial charge in [0, 0.05) is 18.8 Å². The lowest BCUT2D eigenvalue weighted by molar-refractivity contribution is 0.241. The molecule has 0 bridgehead atoms. The van der Waals surface area contributed by atoms with Crippen molar-refractivity contribution in [1.29, 1.82) is 0 Å². The molecule has 1 aromatic heterocycles. The molecule has 2 heterocycles. The van der Waals surface area contributed by atoms with E-state index >= 15 is 0 Å². The van der Waals surface area contributed by atoms with Crippen LogP contribution in [0.25, 0.3) is 0 Å². The average Bonchev–Trinajstić information content (AvgIpc) is 2.91. The number of nitrogens with zero attached hydrogens (tertiary/aromatic N) is 5. The fourth-order valence-corrected chi connectivity index (χ4v) is 3.18. The molecule has 0 spiro atoms. The minimum atomic E-state index is 0.272. The summed E-state index contributed by atoms with van der Waals surface area (Å²) in [7, 11) is 0. The summed E-state index contributed by atoms with van der Waals surface area (Å²) in [4.78, 5) is 2.55. The summed E-state index contributed by atoms with van der Waals surface area (Å²) >= 11 is 0. The third kappa shape index (κ3) is 3.08. The van der Waals surface area contributed by atoms with Gasteiger partial charge in [0.2, 0.25) is 0 Å². The van der Waals surface area contributed by atoms with Crippen LogP contribution in [0.1, 0.15) is 46.0 Å². The van der Waals surface area contributed by atoms with Gasteiger partial charge < -0.3 is 4.90 Å². The highest BCUT2D eigenvalue weighted by Crippen LogP contribution is 2.36. The first-order valence-electron chi connectivity index (χ1n) is 7.50. The maximum absolute atomic E-state index is 4.62. The SMILES string of the molecule is CC1(C)CC(N2CCCCC2)=C/C(=N\n2cnnc2)C1. The third-order valence-corrected chi connectivity index (χ3v) is 4.07. The standard InChI is InChI=1S/C15H23N5/c1-15(2)9-13(18-20-11-16-17-12-20)8-14(10-15)19-6-4-3-5-7-19/h8,11-12H,3-7,9-10H2,1-2H3/b18-13+. The third-order valence-electron chi connectivity index (χ3n) is 4.07. The van der Waals surface area contributed by atoms with Gasteiger partial charge in [0.25, 0.3) is 0 Å². The quantitative estimate of drug-likeness (QED) is 0.832. The lowest BCUT2D eigenvalue weighted by Gasteiger charge is -2.38. The van der Waals surface area contributed by atoms with Crippen molar-refractivity contribution in [2.45, 2.75) is 46.0 Å². The van der Waals surface area contributed by atoms with Crippen molar-refractivity contribution in [3.8, 4) is 0 Å². The first-order chi connectivity index (χ1) is 9.62. The minimum absolute atomic E-state index is 0.272. The van der Waals surface area contributed by atoms with Gasteiger partial charge in [0.1, 0.15) is 12.7 Å². The first-order valence-corrected chi connectivity index (χ1v) is 7.50. The van der Waals surface area contributed by atoms with E-state index in [4.69, 9.17) is 0 Å². The highest BCUT2D eigenvalue weighted by atomic mass is 15.4. The normalized spacial score (nSPS) is 24.8. The van der Waals surface area contributed by atoms with Crippen LogP contribution in [0.5, 0.6) is 0 Å². The molecule has 1 fully saturated rings. The van der Waals surface area contributed by atoms with Crippen LogP contribution in [0.3, 0.4) is 0 Å². The molecular formula is C15H23N5. The zero-order valence-electron chi connectivity index (χ0n) is 12.4. The Hall–Kier alpha value is -1.65. The van der Waals surface area contributed by atoms with Gasteiger partial charge in [-0.1, -0.05) is 13.8 Å². The van der Waals surface area contributed by atoms with Crippen LogP contribution in [-0.4, -0.2) is 38.6 Å². The number of likely N-dealkylation sites (tertiary alicyclic amines) is 1. The van der Waals surface area contributed by atoms with E-state index in [1.165, 1.54) is 38.0 Å². The predicted octanol–water partition coefficient (Wildman–Crippen LogP) is 2.67. The second-order valence-electron chi connectivity index (χ2n) is 6.63. The van der Waals surface area contributed by atoms with Gasteiger partial charge in [-0.05, 0) is 43.6 Å². The Morgan fingerprint density at radius 3 is 2.45 bits per heavy atom. The van der Waals surface area contributed by atoms with E-state index in [1.807, 2.05) is 0 Å². The van der Waals surface area contributed by atoms with Crippen LogP contribution in [0.4, 0.5) is 0 Å². The van der Waals surface area contributed by atoms with E-state index in [-0.39, 0.29) is 5.41 Å². The van der Waals surface area contributed by atoms with Gasteiger partial charge in [0.15, 0.2) is 0 Å². The molecule has 3 rings (SSSR count). The number of allylic oxidation sites excluding steroid dienone is 2. The Morgan fingerprint density at radius 1 is 1.05 bits per heavy atom. The summed E-state index contributed by atoms with van der Waals surface area (Å²) in [6.45, 7) is 7.04. The highest BCUT2D eigenvalue weighted by Gasteiger charge is 2.29. The van der Waals surface area contributed by atoms with Gasteiger partial charge in [-0.25, -0.2) is 4.68 Å². The Labute approximate surface area is 120 Å². The molecule has 1 aliphatic carbocycles. The lowest BCUT2D eigenvalue weighted by Crippen LogP contribution is -2.34. The van der Waals surface area contributed by atoms with E-state index in [0.29, 0.717) is 0 Å². The molecule has 20 heavy (non-hydrogen) atoms. The molecule has 1 aromatic rings. The van der Waals surface area contributed by atoms with Gasteiger partial charge in [0.05, 0.1) is 5.71 Å². The zero-order valence-corrected chi connectivity index (χ0v) is 12.4. The molecule has 0 amide bonds. The van der Waals surface area contributed by atoms with Crippen LogP contribution in [0.15, 0.2) is 29.5 Å². The van der Waals surface area contributed by atoms with Crippen LogP contribution in [0, 0.1) is 5.41 Å². The van der Waals surface area contributed by atoms with Crippen molar-refractivity contribution in [3.63, 3.8) is 0 Å². The van der Waals surface area contributed by atoms with Crippen molar-refractivity contribution < 1.29 is 0 Å². The summed E-state index contributed by atoms with van der Waals surface area (Å²) in [5.41, 5.74) is 2.85. The van der Waals surface area contributed by atoms with Crippen molar-refractivity contribution in [2.75, 3.05) is 13.1 Å². The topological polar surface area (TPSA) is 46.3 Å². The number of piperidine rings is 1. The summed E-state index contributed by atoms with van der Waals surface area (Å²) in [6.07, 6.45) is 11.7. The van der Waals surface area contributed by atoms with Crippen LogP contribution < -0.4 is 0 Å². The van der Waals surface area contributed by atoms with Crippen molar-refractivity contribution in [2.24, 2.45) is 10.5 Å². The summed E-state index contributed by atoms with van der Waals surface area (Å²) < 4.78 is 1.70. The monoisotopic (exact) mass is 273 g/mol. The van der Waals surface area contributed by atoms with E-state index < -0.39 is 0 Å². The molecule has 1 saturated heterocycles. The largest absolute Gasteiger partial charge is 0.375 e. The Balaban J connectivity index is 1.86. The van der Waals surface area contributed by atoms with Crippen LogP contribution >= 0.6 is 0 Å². The van der Waals surface area contributed by atoms with E-state index in [9.17, 15) is 0 Å². The molecule has 0 radical (unpaired) electrons. The van der Waals surface area contributed by atoms with E-state index in [1.54, 1.807) is 17.3 Å². The summed E-state index contributed by atoms with van der Waals surface area (Å²) in [5, 5.41) is 12.2. The molecule has 5 heteroatoms. The molecule has 2 aliphatic rings. The van der Waals surface area contributed by atoms with Crippen molar-refractivity contribution in [1.82, 2.24) is 19.8 Å². The second kappa shape index (κ2) is 5.38. The van der Waals surface area contributed by atoms with Gasteiger partial charge in [-0.3, -0.25) is 0 Å². The number of aromatic nitrogens is 3. The molecule has 1 aliphatic heterocycles. The van der Waals surface area contributed by atoms with E-state index in [0.717, 1.165) is 18.6 Å². The van der Waals surface area contributed by atoms with Crippen LogP contribution in [-0.2, 0) is 0 Å². The van der Waals surface area contributed by atoms with Gasteiger partial charge in [-0.2, -0.15) is 5.10 Å². The lowest BCUT2D eigenvalue weighted by atomic mass is 9.78. The summed E-state index contributed by atoms with van der Waals surface area (Å²) in [5.74, 6) is 0. The number of hydrogen-bond donors (Lipinski definition) is 0. The number of hydrogen-bond acceptors (Lipinski definition) is 4. The smallest absolute Gasteiger partial charge is 0.141 e. The van der Waals surface area contributed by atoms with Crippen molar-refractivity contribution >= 4 is 5.71 Å². The maximum atomic E-state index is 4.62. The summed E-state index contributed by atoms with van der Waals surface area (Å²) in [6, 6.07) is 0. The Morgan fingerprint density at radius 2 is 1.75 bits per heavy atom. The van der Waals surface area contributed by atoms with Crippen LogP contribution in [0.2, 0.25) is 0 Å². The minimum Gasteiger partial charge on any atom is -0.375 e. The molecule has 0 aromatic carbocycles. The van der Waals surface area contributed by atoms with Gasteiger partial charge >= 0.3 is 0 Å².